The molecule has 2 atom stereocenters. The fourth-order valence-electron chi connectivity index (χ4n) is 2.39. The number of rotatable bonds is 3. The predicted octanol–water partition coefficient (Wildman–Crippen LogP) is 2.90. The SMILES string of the molecule is CCCN(C(=O)OC1CCCC[C@@H]1N)C(C)(C)C. The van der Waals surface area contributed by atoms with Crippen LogP contribution in [0.3, 0.4) is 0 Å². The number of amides is 1. The fraction of sp³-hybridized carbons (Fsp3) is 0.929. The summed E-state index contributed by atoms with van der Waals surface area (Å²) < 4.78 is 5.61. The Hall–Kier alpha value is -0.770. The van der Waals surface area contributed by atoms with Crippen LogP contribution >= 0.6 is 0 Å². The third kappa shape index (κ3) is 4.16. The number of nitrogens with zero attached hydrogens (tertiary/aromatic N) is 1. The van der Waals surface area contributed by atoms with E-state index in [9.17, 15) is 4.79 Å². The normalized spacial score (nSPS) is 24.7. The molecule has 0 bridgehead atoms. The lowest BCUT2D eigenvalue weighted by atomic mass is 9.93. The van der Waals surface area contributed by atoms with E-state index in [1.54, 1.807) is 4.90 Å². The summed E-state index contributed by atoms with van der Waals surface area (Å²) >= 11 is 0. The molecule has 0 aliphatic heterocycles. The lowest BCUT2D eigenvalue weighted by Gasteiger charge is -2.37. The standard InChI is InChI=1S/C14H28N2O2/c1-5-10-16(14(2,3)4)13(17)18-12-9-7-6-8-11(12)15/h11-12H,5-10,15H2,1-4H3/t11-,12?/m0/s1. The monoisotopic (exact) mass is 256 g/mol. The summed E-state index contributed by atoms with van der Waals surface area (Å²) in [4.78, 5) is 14.0. The van der Waals surface area contributed by atoms with Crippen LogP contribution in [0.5, 0.6) is 0 Å². The van der Waals surface area contributed by atoms with Crippen molar-refractivity contribution in [2.24, 2.45) is 5.73 Å². The second kappa shape index (κ2) is 6.41. The number of carbonyl (C=O) groups excluding carboxylic acids is 1. The number of nitrogens with two attached hydrogens (primary N) is 1. The number of hydrogen-bond acceptors (Lipinski definition) is 3. The van der Waals surface area contributed by atoms with Crippen LogP contribution in [0.1, 0.15) is 59.8 Å². The Labute approximate surface area is 111 Å². The van der Waals surface area contributed by atoms with Crippen molar-refractivity contribution in [2.45, 2.75) is 77.5 Å². The largest absolute Gasteiger partial charge is 0.444 e. The van der Waals surface area contributed by atoms with Crippen molar-refractivity contribution in [3.05, 3.63) is 0 Å². The molecule has 4 nitrogen and oxygen atoms in total. The maximum atomic E-state index is 12.2. The second-order valence-electron chi connectivity index (χ2n) is 6.19. The van der Waals surface area contributed by atoms with Crippen molar-refractivity contribution >= 4 is 6.09 Å². The van der Waals surface area contributed by atoms with E-state index < -0.39 is 0 Å². The molecular weight excluding hydrogens is 228 g/mol. The van der Waals surface area contributed by atoms with Crippen molar-refractivity contribution in [3.8, 4) is 0 Å². The second-order valence-corrected chi connectivity index (χ2v) is 6.19. The van der Waals surface area contributed by atoms with E-state index in [4.69, 9.17) is 10.5 Å². The van der Waals surface area contributed by atoms with E-state index in [0.717, 1.165) is 38.6 Å². The molecule has 0 saturated heterocycles. The highest BCUT2D eigenvalue weighted by Crippen LogP contribution is 2.22. The quantitative estimate of drug-likeness (QED) is 0.844. The maximum Gasteiger partial charge on any atom is 0.410 e. The van der Waals surface area contributed by atoms with Gasteiger partial charge in [-0.2, -0.15) is 0 Å². The number of carbonyl (C=O) groups is 1. The smallest absolute Gasteiger partial charge is 0.410 e. The third-order valence-corrected chi connectivity index (χ3v) is 3.48. The highest BCUT2D eigenvalue weighted by Gasteiger charge is 2.31. The number of ether oxygens (including phenoxy) is 1. The maximum absolute atomic E-state index is 12.2. The first kappa shape index (κ1) is 15.3. The van der Waals surface area contributed by atoms with Gasteiger partial charge in [0.1, 0.15) is 6.10 Å². The molecule has 1 rings (SSSR count). The predicted molar refractivity (Wildman–Crippen MR) is 73.5 cm³/mol. The summed E-state index contributed by atoms with van der Waals surface area (Å²) in [5.41, 5.74) is 5.81. The Morgan fingerprint density at radius 2 is 1.94 bits per heavy atom. The van der Waals surface area contributed by atoms with Crippen molar-refractivity contribution in [1.82, 2.24) is 4.90 Å². The molecule has 0 aromatic rings. The Morgan fingerprint density at radius 3 is 2.44 bits per heavy atom. The molecule has 0 spiro atoms. The molecule has 1 unspecified atom stereocenters. The first-order valence-corrected chi connectivity index (χ1v) is 7.10. The van der Waals surface area contributed by atoms with Crippen molar-refractivity contribution in [3.63, 3.8) is 0 Å². The average molecular weight is 256 g/mol. The lowest BCUT2D eigenvalue weighted by molar-refractivity contribution is 0.0166. The molecule has 0 radical (unpaired) electrons. The third-order valence-electron chi connectivity index (χ3n) is 3.48. The Morgan fingerprint density at radius 1 is 1.33 bits per heavy atom. The van der Waals surface area contributed by atoms with Crippen LogP contribution in [-0.4, -0.2) is 35.2 Å². The van der Waals surface area contributed by atoms with Gasteiger partial charge in [-0.1, -0.05) is 13.3 Å². The van der Waals surface area contributed by atoms with Gasteiger partial charge in [0.25, 0.3) is 0 Å². The minimum Gasteiger partial charge on any atom is -0.444 e. The van der Waals surface area contributed by atoms with E-state index in [-0.39, 0.29) is 23.8 Å². The van der Waals surface area contributed by atoms with Crippen molar-refractivity contribution in [2.75, 3.05) is 6.54 Å². The average Bonchev–Trinajstić information content (AvgIpc) is 2.27. The first-order chi connectivity index (χ1) is 8.36. The number of hydrogen-bond donors (Lipinski definition) is 1. The molecule has 0 aromatic carbocycles. The van der Waals surface area contributed by atoms with Crippen LogP contribution < -0.4 is 5.73 Å². The molecule has 1 amide bonds. The van der Waals surface area contributed by atoms with E-state index in [0.29, 0.717) is 0 Å². The molecule has 106 valence electrons. The zero-order valence-corrected chi connectivity index (χ0v) is 12.2. The topological polar surface area (TPSA) is 55.6 Å². The summed E-state index contributed by atoms with van der Waals surface area (Å²) in [5, 5.41) is 0. The minimum atomic E-state index is -0.216. The van der Waals surface area contributed by atoms with Crippen LogP contribution in [0, 0.1) is 0 Å². The zero-order valence-electron chi connectivity index (χ0n) is 12.2. The van der Waals surface area contributed by atoms with E-state index in [1.165, 1.54) is 0 Å². The van der Waals surface area contributed by atoms with Gasteiger partial charge < -0.3 is 15.4 Å². The van der Waals surface area contributed by atoms with Crippen LogP contribution in [0.2, 0.25) is 0 Å². The summed E-state index contributed by atoms with van der Waals surface area (Å²) in [6, 6.07) is 0.00569. The molecule has 4 heteroatoms. The summed E-state index contributed by atoms with van der Waals surface area (Å²) in [6.07, 6.45) is 4.73. The molecule has 18 heavy (non-hydrogen) atoms. The highest BCUT2D eigenvalue weighted by atomic mass is 16.6. The van der Waals surface area contributed by atoms with Crippen LogP contribution in [0.15, 0.2) is 0 Å². The minimum absolute atomic E-state index is 0.00569. The molecular formula is C14H28N2O2. The van der Waals surface area contributed by atoms with Gasteiger partial charge in [-0.15, -0.1) is 0 Å². The van der Waals surface area contributed by atoms with Gasteiger partial charge in [-0.25, -0.2) is 4.79 Å². The van der Waals surface area contributed by atoms with E-state index in [2.05, 4.69) is 6.92 Å². The highest BCUT2D eigenvalue weighted by molar-refractivity contribution is 5.68. The van der Waals surface area contributed by atoms with Gasteiger partial charge in [-0.3, -0.25) is 0 Å². The summed E-state index contributed by atoms with van der Waals surface area (Å²) in [6.45, 7) is 8.89. The molecule has 0 aromatic heterocycles. The Balaban J connectivity index is 2.60. The molecule has 1 saturated carbocycles. The summed E-state index contributed by atoms with van der Waals surface area (Å²) in [7, 11) is 0. The van der Waals surface area contributed by atoms with Crippen LogP contribution in [-0.2, 0) is 4.74 Å². The van der Waals surface area contributed by atoms with Gasteiger partial charge in [0.15, 0.2) is 0 Å². The first-order valence-electron chi connectivity index (χ1n) is 7.10. The van der Waals surface area contributed by atoms with E-state index >= 15 is 0 Å². The molecule has 1 aliphatic rings. The Kier molecular flexibility index (Phi) is 5.45. The summed E-state index contributed by atoms with van der Waals surface area (Å²) in [5.74, 6) is 0. The van der Waals surface area contributed by atoms with Gasteiger partial charge in [0.05, 0.1) is 0 Å². The molecule has 1 fully saturated rings. The van der Waals surface area contributed by atoms with Gasteiger partial charge in [0, 0.05) is 18.1 Å². The van der Waals surface area contributed by atoms with Gasteiger partial charge in [0.2, 0.25) is 0 Å². The fourth-order valence-corrected chi connectivity index (χ4v) is 2.39. The van der Waals surface area contributed by atoms with Crippen LogP contribution in [0.4, 0.5) is 4.79 Å². The molecule has 1 aliphatic carbocycles. The molecule has 0 heterocycles. The van der Waals surface area contributed by atoms with Gasteiger partial charge in [-0.05, 0) is 46.5 Å². The van der Waals surface area contributed by atoms with Crippen molar-refractivity contribution < 1.29 is 9.53 Å². The van der Waals surface area contributed by atoms with Gasteiger partial charge >= 0.3 is 6.09 Å². The van der Waals surface area contributed by atoms with Crippen LogP contribution in [0.25, 0.3) is 0 Å². The van der Waals surface area contributed by atoms with E-state index in [1.807, 2.05) is 20.8 Å². The lowest BCUT2D eigenvalue weighted by Crippen LogP contribution is -2.49. The zero-order chi connectivity index (χ0) is 13.8. The van der Waals surface area contributed by atoms with Crippen molar-refractivity contribution in [1.29, 1.82) is 0 Å². The molecule has 2 N–H and O–H groups in total. The Bertz CT molecular complexity index is 273.